The SMILES string of the molecule is CCCCCCCCCCCCCCCCCCCCCC(=O)NCCOCCOCCOCCOCCOCCOCCOCCOCCOCCOCCOCCOCCOCCOCCOCCOCCOCCOCCOCCOCCOCCOCCOCCNC(=O)CCOCCOCCOCCOCCNC(=O)CCN1C(=O)C=CC1=O. The van der Waals surface area contributed by atoms with Crippen molar-refractivity contribution < 1.29 is 152 Å². The van der Waals surface area contributed by atoms with Crippen molar-refractivity contribution in [2.24, 2.45) is 0 Å². The van der Waals surface area contributed by atoms with Crippen LogP contribution in [0.25, 0.3) is 0 Å². The molecule has 0 unspecified atom stereocenters. The van der Waals surface area contributed by atoms with Gasteiger partial charge in [0.1, 0.15) is 0 Å². The Morgan fingerprint density at radius 2 is 0.339 bits per heavy atom. The predicted molar refractivity (Wildman–Crippen MR) is 464 cm³/mol. The quantitative estimate of drug-likeness (QED) is 0.0443. The van der Waals surface area contributed by atoms with Crippen molar-refractivity contribution in [1.29, 1.82) is 0 Å². The lowest BCUT2D eigenvalue weighted by Gasteiger charge is -2.13. The van der Waals surface area contributed by atoms with E-state index in [9.17, 15) is 24.0 Å². The predicted octanol–water partition coefficient (Wildman–Crippen LogP) is 6.31. The maximum Gasteiger partial charge on any atom is 0.253 e. The second-order valence-electron chi connectivity index (χ2n) is 28.4. The molecule has 0 bridgehead atoms. The van der Waals surface area contributed by atoms with E-state index in [0.717, 1.165) is 17.7 Å². The Labute approximate surface area is 742 Å². The molecule has 1 aliphatic heterocycles. The van der Waals surface area contributed by atoms with Crippen LogP contribution in [0.2, 0.25) is 0 Å². The number of hydrogen-bond donors (Lipinski definition) is 3. The lowest BCUT2D eigenvalue weighted by molar-refractivity contribution is -0.137. The van der Waals surface area contributed by atoms with Crippen molar-refractivity contribution >= 4 is 29.5 Å². The fraction of sp³-hybridized carbons (Fsp3) is 0.920. The van der Waals surface area contributed by atoms with Crippen molar-refractivity contribution in [3.05, 3.63) is 12.2 Å². The van der Waals surface area contributed by atoms with Gasteiger partial charge in [0.25, 0.3) is 11.8 Å². The molecule has 124 heavy (non-hydrogen) atoms. The van der Waals surface area contributed by atoms with E-state index in [2.05, 4.69) is 22.9 Å². The molecule has 5 amide bonds. The third-order valence-corrected chi connectivity index (χ3v) is 17.9. The Balaban J connectivity index is 1.60. The van der Waals surface area contributed by atoms with Gasteiger partial charge in [0.15, 0.2) is 0 Å². The highest BCUT2D eigenvalue weighted by Gasteiger charge is 2.23. The van der Waals surface area contributed by atoms with Gasteiger partial charge < -0.3 is 144 Å². The van der Waals surface area contributed by atoms with Crippen molar-refractivity contribution in [1.82, 2.24) is 20.9 Å². The zero-order valence-corrected chi connectivity index (χ0v) is 76.2. The van der Waals surface area contributed by atoms with Crippen LogP contribution in [0.1, 0.15) is 148 Å². The van der Waals surface area contributed by atoms with Gasteiger partial charge in [0.2, 0.25) is 17.7 Å². The summed E-state index contributed by atoms with van der Waals surface area (Å²) in [5, 5.41) is 8.42. The molecule has 0 atom stereocenters. The second-order valence-corrected chi connectivity index (χ2v) is 28.4. The fourth-order valence-corrected chi connectivity index (χ4v) is 11.1. The highest BCUT2D eigenvalue weighted by molar-refractivity contribution is 6.13. The van der Waals surface area contributed by atoms with E-state index in [1.165, 1.54) is 121 Å². The number of nitrogens with one attached hydrogen (secondary N) is 3. The topological polar surface area (TPSA) is 374 Å². The van der Waals surface area contributed by atoms with Crippen LogP contribution in [0.15, 0.2) is 12.2 Å². The summed E-state index contributed by atoms with van der Waals surface area (Å²) >= 11 is 0. The number of nitrogens with zero attached hydrogens (tertiary/aromatic N) is 1. The van der Waals surface area contributed by atoms with Crippen molar-refractivity contribution in [2.75, 3.05) is 383 Å². The van der Waals surface area contributed by atoms with Crippen LogP contribution in [0, 0.1) is 0 Å². The summed E-state index contributed by atoms with van der Waals surface area (Å²) in [4.78, 5) is 60.1. The van der Waals surface area contributed by atoms with Gasteiger partial charge in [-0.2, -0.15) is 0 Å². The molecule has 732 valence electrons. The maximum absolute atomic E-state index is 12.1. The summed E-state index contributed by atoms with van der Waals surface area (Å²) in [6, 6.07) is 0. The molecule has 0 aliphatic carbocycles. The molecule has 0 saturated heterocycles. The molecule has 36 heteroatoms. The molecule has 0 radical (unpaired) electrons. The Kier molecular flexibility index (Phi) is 99.7. The van der Waals surface area contributed by atoms with Crippen LogP contribution in [-0.4, -0.2) is 417 Å². The summed E-state index contributed by atoms with van der Waals surface area (Å²) < 4.78 is 149. The largest absolute Gasteiger partial charge is 0.379 e. The molecule has 0 fully saturated rings. The number of carbonyl (C=O) groups excluding carboxylic acids is 5. The lowest BCUT2D eigenvalue weighted by atomic mass is 10.0. The van der Waals surface area contributed by atoms with Crippen LogP contribution in [0.3, 0.4) is 0 Å². The molecule has 1 heterocycles. The van der Waals surface area contributed by atoms with Gasteiger partial charge >= 0.3 is 0 Å². The lowest BCUT2D eigenvalue weighted by Crippen LogP contribution is -2.35. The van der Waals surface area contributed by atoms with E-state index in [1.54, 1.807) is 0 Å². The van der Waals surface area contributed by atoms with Crippen LogP contribution in [0.5, 0.6) is 0 Å². The molecule has 0 aromatic rings. The Morgan fingerprint density at radius 1 is 0.194 bits per heavy atom. The van der Waals surface area contributed by atoms with Crippen molar-refractivity contribution in [3.63, 3.8) is 0 Å². The Bertz CT molecular complexity index is 2210. The standard InChI is InChI=1S/C88H168N4O32/c1-2-3-4-5-6-7-8-9-10-11-12-13-14-15-16-17-18-19-20-21-84(93)89-26-31-99-35-39-104-44-46-106-48-50-108-52-54-110-56-58-112-60-62-114-64-66-116-68-70-118-72-74-120-76-78-122-80-82-124-83-81-123-79-77-121-75-73-119-71-69-117-67-65-115-63-61-113-59-57-111-55-53-109-51-49-107-47-45-105-41-37-101-33-28-91-86(95)25-30-98-34-38-102-42-43-103-40-36-100-32-27-90-85(94)24-29-92-87(96)22-23-88(92)97/h22-23H,2-21,24-83H2,1H3,(H,89,93)(H,90,94)(H,91,95). The van der Waals surface area contributed by atoms with Gasteiger partial charge in [-0.25, -0.2) is 0 Å². The number of unbranched alkanes of at least 4 members (excludes halogenated alkanes) is 18. The van der Waals surface area contributed by atoms with Crippen molar-refractivity contribution in [2.45, 2.75) is 148 Å². The van der Waals surface area contributed by atoms with Crippen molar-refractivity contribution in [3.8, 4) is 0 Å². The first-order chi connectivity index (χ1) is 61.4. The molecule has 0 aromatic heterocycles. The molecule has 3 N–H and O–H groups in total. The molecular formula is C88H168N4O32. The normalized spacial score (nSPS) is 12.2. The number of hydrogen-bond acceptors (Lipinski definition) is 32. The van der Waals surface area contributed by atoms with E-state index in [0.29, 0.717) is 376 Å². The van der Waals surface area contributed by atoms with E-state index in [4.69, 9.17) is 128 Å². The zero-order valence-electron chi connectivity index (χ0n) is 76.2. The van der Waals surface area contributed by atoms with E-state index < -0.39 is 11.8 Å². The van der Waals surface area contributed by atoms with Gasteiger partial charge in [-0.05, 0) is 6.42 Å². The molecular weight excluding hydrogens is 1620 g/mol. The highest BCUT2D eigenvalue weighted by Crippen LogP contribution is 2.15. The third kappa shape index (κ3) is 97.3. The first kappa shape index (κ1) is 118. The third-order valence-electron chi connectivity index (χ3n) is 17.9. The molecule has 1 aliphatic rings. The molecule has 0 aromatic carbocycles. The summed E-state index contributed by atoms with van der Waals surface area (Å²) in [7, 11) is 0. The average Bonchev–Trinajstić information content (AvgIpc) is 1.74. The Morgan fingerprint density at radius 3 is 0.524 bits per heavy atom. The monoisotopic (exact) mass is 1790 g/mol. The van der Waals surface area contributed by atoms with Crippen LogP contribution in [-0.2, 0) is 152 Å². The minimum absolute atomic E-state index is 0.0323. The number of amides is 5. The summed E-state index contributed by atoms with van der Waals surface area (Å²) in [5.41, 5.74) is 0. The van der Waals surface area contributed by atoms with Crippen LogP contribution >= 0.6 is 0 Å². The number of imide groups is 1. The smallest absolute Gasteiger partial charge is 0.253 e. The van der Waals surface area contributed by atoms with Gasteiger partial charge in [0.05, 0.1) is 357 Å². The minimum atomic E-state index is -0.411. The van der Waals surface area contributed by atoms with E-state index in [-0.39, 0.29) is 43.7 Å². The summed E-state index contributed by atoms with van der Waals surface area (Å²) in [5.74, 6) is -1.11. The number of carbonyl (C=O) groups is 5. The van der Waals surface area contributed by atoms with E-state index >= 15 is 0 Å². The Hall–Kier alpha value is -3.79. The molecule has 1 rings (SSSR count). The van der Waals surface area contributed by atoms with Gasteiger partial charge in [-0.15, -0.1) is 0 Å². The first-order valence-electron chi connectivity index (χ1n) is 46.4. The van der Waals surface area contributed by atoms with Gasteiger partial charge in [-0.1, -0.05) is 122 Å². The highest BCUT2D eigenvalue weighted by atomic mass is 16.6. The minimum Gasteiger partial charge on any atom is -0.379 e. The van der Waals surface area contributed by atoms with E-state index in [1.807, 2.05) is 0 Å². The van der Waals surface area contributed by atoms with Crippen LogP contribution < -0.4 is 16.0 Å². The van der Waals surface area contributed by atoms with Gasteiger partial charge in [0, 0.05) is 57.6 Å². The zero-order chi connectivity index (χ0) is 88.7. The molecule has 0 spiro atoms. The average molecular weight is 1790 g/mol. The van der Waals surface area contributed by atoms with Gasteiger partial charge in [-0.3, -0.25) is 28.9 Å². The summed E-state index contributed by atoms with van der Waals surface area (Å²) in [6.45, 7) is 27.8. The molecule has 0 saturated carbocycles. The molecule has 36 nitrogen and oxygen atoms in total. The fourth-order valence-electron chi connectivity index (χ4n) is 11.1. The maximum atomic E-state index is 12.1. The van der Waals surface area contributed by atoms with Crippen LogP contribution in [0.4, 0.5) is 0 Å². The second kappa shape index (κ2) is 105. The number of rotatable bonds is 110. The summed E-state index contributed by atoms with van der Waals surface area (Å²) in [6.07, 6.45) is 28.9. The first-order valence-corrected chi connectivity index (χ1v) is 46.4. The number of ether oxygens (including phenoxy) is 27.